The first-order valence-corrected chi connectivity index (χ1v) is 7.90. The molecule has 0 saturated heterocycles. The minimum Gasteiger partial charge on any atom is -0.452 e. The number of ether oxygens (including phenoxy) is 1. The summed E-state index contributed by atoms with van der Waals surface area (Å²) in [5, 5.41) is 5.82. The van der Waals surface area contributed by atoms with Crippen molar-refractivity contribution < 1.29 is 19.1 Å². The van der Waals surface area contributed by atoms with Crippen LogP contribution in [0.1, 0.15) is 17.3 Å². The molecule has 2 aromatic carbocycles. The van der Waals surface area contributed by atoms with Gasteiger partial charge in [0.1, 0.15) is 0 Å². The molecular formula is C17H14Cl2N2O4. The Morgan fingerprint density at radius 1 is 0.960 bits per heavy atom. The van der Waals surface area contributed by atoms with Crippen molar-refractivity contribution in [3.05, 3.63) is 58.1 Å². The van der Waals surface area contributed by atoms with Crippen molar-refractivity contribution in [1.82, 2.24) is 0 Å². The molecule has 0 bridgehead atoms. The lowest BCUT2D eigenvalue weighted by Gasteiger charge is -2.08. The molecule has 2 amide bonds. The second-order valence-electron chi connectivity index (χ2n) is 5.04. The molecule has 0 saturated carbocycles. The van der Waals surface area contributed by atoms with Crippen LogP contribution >= 0.6 is 23.2 Å². The topological polar surface area (TPSA) is 84.5 Å². The lowest BCUT2D eigenvalue weighted by Crippen LogP contribution is -2.21. The van der Waals surface area contributed by atoms with Crippen molar-refractivity contribution in [1.29, 1.82) is 0 Å². The summed E-state index contributed by atoms with van der Waals surface area (Å²) < 4.78 is 4.95. The quantitative estimate of drug-likeness (QED) is 0.773. The third-order valence-electron chi connectivity index (χ3n) is 2.90. The number of esters is 1. The van der Waals surface area contributed by atoms with Gasteiger partial charge in [0.25, 0.3) is 5.91 Å². The van der Waals surface area contributed by atoms with Gasteiger partial charge in [0.15, 0.2) is 6.61 Å². The Morgan fingerprint density at radius 2 is 1.64 bits per heavy atom. The number of halogens is 2. The summed E-state index contributed by atoms with van der Waals surface area (Å²) in [6, 6.07) is 10.8. The molecule has 0 aliphatic carbocycles. The van der Waals surface area contributed by atoms with Crippen LogP contribution < -0.4 is 10.6 Å². The zero-order chi connectivity index (χ0) is 18.4. The van der Waals surface area contributed by atoms with E-state index in [1.54, 1.807) is 12.1 Å². The molecule has 130 valence electrons. The second-order valence-corrected chi connectivity index (χ2v) is 5.92. The monoisotopic (exact) mass is 380 g/mol. The molecule has 0 unspecified atom stereocenters. The zero-order valence-electron chi connectivity index (χ0n) is 13.1. The predicted molar refractivity (Wildman–Crippen MR) is 96.1 cm³/mol. The molecule has 0 atom stereocenters. The molecule has 0 aliphatic rings. The van der Waals surface area contributed by atoms with Gasteiger partial charge in [0.2, 0.25) is 5.91 Å². The Morgan fingerprint density at radius 3 is 2.28 bits per heavy atom. The first kappa shape index (κ1) is 18.8. The first-order chi connectivity index (χ1) is 11.8. The molecule has 2 rings (SSSR count). The van der Waals surface area contributed by atoms with Gasteiger partial charge in [-0.15, -0.1) is 0 Å². The van der Waals surface area contributed by atoms with Crippen LogP contribution in [0.3, 0.4) is 0 Å². The van der Waals surface area contributed by atoms with Crippen LogP contribution in [0.5, 0.6) is 0 Å². The van der Waals surface area contributed by atoms with Gasteiger partial charge in [-0.2, -0.15) is 0 Å². The molecule has 0 heterocycles. The summed E-state index contributed by atoms with van der Waals surface area (Å²) in [4.78, 5) is 34.9. The molecule has 2 N–H and O–H groups in total. The van der Waals surface area contributed by atoms with Crippen LogP contribution in [-0.4, -0.2) is 24.4 Å². The Hall–Kier alpha value is -2.57. The van der Waals surface area contributed by atoms with Crippen LogP contribution in [0.15, 0.2) is 42.5 Å². The fourth-order valence-electron chi connectivity index (χ4n) is 1.96. The number of benzene rings is 2. The largest absolute Gasteiger partial charge is 0.452 e. The van der Waals surface area contributed by atoms with E-state index in [4.69, 9.17) is 27.9 Å². The molecule has 0 spiro atoms. The number of hydrogen-bond donors (Lipinski definition) is 2. The summed E-state index contributed by atoms with van der Waals surface area (Å²) in [5.74, 6) is -1.48. The van der Waals surface area contributed by atoms with Gasteiger partial charge < -0.3 is 15.4 Å². The summed E-state index contributed by atoms with van der Waals surface area (Å²) in [6.07, 6.45) is 0. The molecule has 0 aromatic heterocycles. The first-order valence-electron chi connectivity index (χ1n) is 7.14. The summed E-state index contributed by atoms with van der Waals surface area (Å²) in [6.45, 7) is 0.880. The number of carbonyl (C=O) groups is 3. The van der Waals surface area contributed by atoms with E-state index < -0.39 is 18.5 Å². The van der Waals surface area contributed by atoms with Gasteiger partial charge in [0.05, 0.1) is 5.56 Å². The minimum atomic E-state index is -0.688. The Kier molecular flexibility index (Phi) is 6.38. The van der Waals surface area contributed by atoms with Crippen molar-refractivity contribution in [2.24, 2.45) is 0 Å². The lowest BCUT2D eigenvalue weighted by atomic mass is 10.2. The van der Waals surface area contributed by atoms with E-state index in [0.29, 0.717) is 21.4 Å². The average molecular weight is 381 g/mol. The van der Waals surface area contributed by atoms with Crippen LogP contribution in [0.4, 0.5) is 11.4 Å². The van der Waals surface area contributed by atoms with E-state index in [0.717, 1.165) is 0 Å². The number of amides is 2. The van der Waals surface area contributed by atoms with Crippen LogP contribution in [0.25, 0.3) is 0 Å². The maximum atomic E-state index is 12.0. The van der Waals surface area contributed by atoms with Gasteiger partial charge in [-0.05, 0) is 36.4 Å². The van der Waals surface area contributed by atoms with Gasteiger partial charge in [-0.3, -0.25) is 9.59 Å². The number of nitrogens with one attached hydrogen (secondary N) is 2. The standard InChI is InChI=1S/C17H14Cl2N2O4/c1-10(22)20-14-4-2-3-11(5-14)17(24)25-9-16(23)21-15-7-12(18)6-13(19)8-15/h2-8H,9H2,1H3,(H,20,22)(H,21,23). The third kappa shape index (κ3) is 6.10. The van der Waals surface area contributed by atoms with Gasteiger partial charge in [0, 0.05) is 28.3 Å². The minimum absolute atomic E-state index is 0.213. The van der Waals surface area contributed by atoms with Crippen LogP contribution in [0.2, 0.25) is 10.0 Å². The molecule has 2 aromatic rings. The molecule has 0 aliphatic heterocycles. The highest BCUT2D eigenvalue weighted by Gasteiger charge is 2.12. The van der Waals surface area contributed by atoms with Gasteiger partial charge in [-0.1, -0.05) is 29.3 Å². The van der Waals surface area contributed by atoms with E-state index in [1.165, 1.54) is 37.3 Å². The summed E-state index contributed by atoms with van der Waals surface area (Å²) in [7, 11) is 0. The summed E-state index contributed by atoms with van der Waals surface area (Å²) >= 11 is 11.7. The lowest BCUT2D eigenvalue weighted by molar-refractivity contribution is -0.119. The van der Waals surface area contributed by atoms with E-state index in [1.807, 2.05) is 0 Å². The maximum Gasteiger partial charge on any atom is 0.338 e. The fraction of sp³-hybridized carbons (Fsp3) is 0.118. The molecular weight excluding hydrogens is 367 g/mol. The smallest absolute Gasteiger partial charge is 0.338 e. The van der Waals surface area contributed by atoms with Crippen molar-refractivity contribution in [2.45, 2.75) is 6.92 Å². The van der Waals surface area contributed by atoms with Crippen molar-refractivity contribution in [2.75, 3.05) is 17.2 Å². The number of rotatable bonds is 5. The number of hydrogen-bond acceptors (Lipinski definition) is 4. The molecule has 25 heavy (non-hydrogen) atoms. The van der Waals surface area contributed by atoms with Crippen molar-refractivity contribution in [3.8, 4) is 0 Å². The Balaban J connectivity index is 1.93. The molecule has 8 heteroatoms. The maximum absolute atomic E-state index is 12.0. The predicted octanol–water partition coefficient (Wildman–Crippen LogP) is 3.75. The molecule has 6 nitrogen and oxygen atoms in total. The second kappa shape index (κ2) is 8.50. The zero-order valence-corrected chi connectivity index (χ0v) is 14.6. The van der Waals surface area contributed by atoms with E-state index in [-0.39, 0.29) is 11.5 Å². The number of carbonyl (C=O) groups excluding carboxylic acids is 3. The normalized spacial score (nSPS) is 10.0. The highest BCUT2D eigenvalue weighted by molar-refractivity contribution is 6.35. The highest BCUT2D eigenvalue weighted by atomic mass is 35.5. The van der Waals surface area contributed by atoms with Crippen molar-refractivity contribution in [3.63, 3.8) is 0 Å². The third-order valence-corrected chi connectivity index (χ3v) is 3.34. The Labute approximate surface area is 154 Å². The Bertz CT molecular complexity index is 804. The fourth-order valence-corrected chi connectivity index (χ4v) is 2.49. The molecule has 0 fully saturated rings. The summed E-state index contributed by atoms with van der Waals surface area (Å²) in [5.41, 5.74) is 1.07. The van der Waals surface area contributed by atoms with Crippen molar-refractivity contribution >= 4 is 52.4 Å². The van der Waals surface area contributed by atoms with E-state index in [9.17, 15) is 14.4 Å². The van der Waals surface area contributed by atoms with E-state index >= 15 is 0 Å². The SMILES string of the molecule is CC(=O)Nc1cccc(C(=O)OCC(=O)Nc2cc(Cl)cc(Cl)c2)c1. The van der Waals surface area contributed by atoms with Crippen LogP contribution in [-0.2, 0) is 14.3 Å². The number of anilines is 2. The molecule has 0 radical (unpaired) electrons. The van der Waals surface area contributed by atoms with E-state index in [2.05, 4.69) is 10.6 Å². The van der Waals surface area contributed by atoms with Gasteiger partial charge >= 0.3 is 5.97 Å². The van der Waals surface area contributed by atoms with Crippen LogP contribution in [0, 0.1) is 0 Å². The highest BCUT2D eigenvalue weighted by Crippen LogP contribution is 2.22. The van der Waals surface area contributed by atoms with Gasteiger partial charge in [-0.25, -0.2) is 4.79 Å². The average Bonchev–Trinajstić information content (AvgIpc) is 2.51.